The molecule has 106 valence electrons. The molecule has 1 aliphatic heterocycles. The topological polar surface area (TPSA) is 58.9 Å². The highest BCUT2D eigenvalue weighted by Gasteiger charge is 2.21. The van der Waals surface area contributed by atoms with Crippen LogP contribution in [0.4, 0.5) is 11.5 Å². The lowest BCUT2D eigenvalue weighted by atomic mass is 10.1. The highest BCUT2D eigenvalue weighted by molar-refractivity contribution is 6.29. The highest BCUT2D eigenvalue weighted by atomic mass is 35.5. The summed E-state index contributed by atoms with van der Waals surface area (Å²) in [7, 11) is 1.94. The van der Waals surface area contributed by atoms with Gasteiger partial charge >= 0.3 is 0 Å². The quantitative estimate of drug-likeness (QED) is 0.937. The average Bonchev–Trinajstić information content (AvgIpc) is 2.86. The van der Waals surface area contributed by atoms with Gasteiger partial charge in [-0.1, -0.05) is 11.6 Å². The van der Waals surface area contributed by atoms with Crippen LogP contribution in [0.2, 0.25) is 5.15 Å². The Bertz CT molecular complexity index is 584. The Morgan fingerprint density at radius 3 is 3.00 bits per heavy atom. The van der Waals surface area contributed by atoms with E-state index in [0.717, 1.165) is 37.4 Å². The molecule has 1 atom stereocenters. The fourth-order valence-corrected chi connectivity index (χ4v) is 2.67. The normalized spacial score (nSPS) is 19.1. The van der Waals surface area contributed by atoms with Crippen molar-refractivity contribution in [1.29, 1.82) is 0 Å². The van der Waals surface area contributed by atoms with Crippen molar-refractivity contribution >= 4 is 23.1 Å². The van der Waals surface area contributed by atoms with Crippen molar-refractivity contribution in [3.05, 3.63) is 29.9 Å². The molecule has 6 nitrogen and oxygen atoms in total. The fourth-order valence-electron chi connectivity index (χ4n) is 2.52. The predicted octanol–water partition coefficient (Wildman–Crippen LogP) is 1.94. The average molecular weight is 293 g/mol. The van der Waals surface area contributed by atoms with Gasteiger partial charge in [0.2, 0.25) is 0 Å². The first kappa shape index (κ1) is 13.2. The molecule has 0 aliphatic carbocycles. The SMILES string of the molecule is Cn1cc(N2CCC[C@H](Nc3cncc(Cl)n3)C2)cn1. The van der Waals surface area contributed by atoms with E-state index in [-0.39, 0.29) is 0 Å². The second-order valence-corrected chi connectivity index (χ2v) is 5.42. The molecule has 0 unspecified atom stereocenters. The van der Waals surface area contributed by atoms with Gasteiger partial charge in [0.05, 0.1) is 24.3 Å². The highest BCUT2D eigenvalue weighted by Crippen LogP contribution is 2.21. The van der Waals surface area contributed by atoms with E-state index in [0.29, 0.717) is 11.2 Å². The van der Waals surface area contributed by atoms with Gasteiger partial charge in [-0.2, -0.15) is 5.10 Å². The Labute approximate surface area is 122 Å². The molecule has 1 aliphatic rings. The minimum atomic E-state index is 0.344. The van der Waals surface area contributed by atoms with Crippen LogP contribution in [0.15, 0.2) is 24.8 Å². The number of piperidine rings is 1. The van der Waals surface area contributed by atoms with Crippen molar-refractivity contribution in [3.8, 4) is 0 Å². The molecule has 1 saturated heterocycles. The zero-order valence-corrected chi connectivity index (χ0v) is 12.1. The summed E-state index contributed by atoms with van der Waals surface area (Å²) in [4.78, 5) is 10.6. The van der Waals surface area contributed by atoms with Crippen LogP contribution in [0.1, 0.15) is 12.8 Å². The third kappa shape index (κ3) is 3.01. The molecule has 20 heavy (non-hydrogen) atoms. The molecule has 2 aromatic rings. The molecule has 0 amide bonds. The van der Waals surface area contributed by atoms with Gasteiger partial charge in [0, 0.05) is 32.4 Å². The number of hydrogen-bond acceptors (Lipinski definition) is 5. The number of nitrogens with one attached hydrogen (secondary N) is 1. The van der Waals surface area contributed by atoms with Crippen molar-refractivity contribution in [3.63, 3.8) is 0 Å². The fraction of sp³-hybridized carbons (Fsp3) is 0.462. The summed E-state index contributed by atoms with van der Waals surface area (Å²) in [6.07, 6.45) is 9.44. The van der Waals surface area contributed by atoms with E-state index in [4.69, 9.17) is 11.6 Å². The predicted molar refractivity (Wildman–Crippen MR) is 79.1 cm³/mol. The zero-order chi connectivity index (χ0) is 13.9. The smallest absolute Gasteiger partial charge is 0.149 e. The Morgan fingerprint density at radius 1 is 1.35 bits per heavy atom. The molecule has 1 fully saturated rings. The first-order valence-electron chi connectivity index (χ1n) is 6.68. The summed E-state index contributed by atoms with van der Waals surface area (Å²) in [5.41, 5.74) is 1.16. The van der Waals surface area contributed by atoms with Crippen molar-refractivity contribution in [2.24, 2.45) is 7.05 Å². The van der Waals surface area contributed by atoms with Crippen LogP contribution in [0.25, 0.3) is 0 Å². The summed E-state index contributed by atoms with van der Waals surface area (Å²) in [6, 6.07) is 0.344. The zero-order valence-electron chi connectivity index (χ0n) is 11.3. The molecule has 0 bridgehead atoms. The van der Waals surface area contributed by atoms with Crippen LogP contribution in [0.3, 0.4) is 0 Å². The molecule has 2 aromatic heterocycles. The van der Waals surface area contributed by atoms with E-state index in [1.54, 1.807) is 6.20 Å². The van der Waals surface area contributed by atoms with Crippen LogP contribution in [-0.2, 0) is 7.05 Å². The summed E-state index contributed by atoms with van der Waals surface area (Å²) in [6.45, 7) is 1.99. The standard InChI is InChI=1S/C13H17ClN6/c1-19-9-11(5-16-19)20-4-2-3-10(8-20)17-13-7-15-6-12(14)18-13/h5-7,9-10H,2-4,8H2,1H3,(H,17,18)/t10-/m0/s1. The third-order valence-corrected chi connectivity index (χ3v) is 3.62. The summed E-state index contributed by atoms with van der Waals surface area (Å²) >= 11 is 5.85. The van der Waals surface area contributed by atoms with Gasteiger partial charge in [0.1, 0.15) is 11.0 Å². The maximum Gasteiger partial charge on any atom is 0.149 e. The largest absolute Gasteiger partial charge is 0.367 e. The molecule has 0 aromatic carbocycles. The lowest BCUT2D eigenvalue weighted by molar-refractivity contribution is 0.528. The molecular formula is C13H17ClN6. The van der Waals surface area contributed by atoms with Crippen LogP contribution >= 0.6 is 11.6 Å². The number of halogens is 1. The van der Waals surface area contributed by atoms with Crippen LogP contribution in [0, 0.1) is 0 Å². The van der Waals surface area contributed by atoms with Crippen molar-refractivity contribution < 1.29 is 0 Å². The molecule has 0 spiro atoms. The lowest BCUT2D eigenvalue weighted by Crippen LogP contribution is -2.42. The van der Waals surface area contributed by atoms with Crippen molar-refractivity contribution in [2.45, 2.75) is 18.9 Å². The molecule has 3 rings (SSSR count). The van der Waals surface area contributed by atoms with E-state index >= 15 is 0 Å². The van der Waals surface area contributed by atoms with E-state index in [9.17, 15) is 0 Å². The second kappa shape index (κ2) is 5.66. The molecule has 1 N–H and O–H groups in total. The summed E-state index contributed by atoms with van der Waals surface area (Å²) in [5, 5.41) is 8.04. The maximum atomic E-state index is 5.85. The maximum absolute atomic E-state index is 5.85. The van der Waals surface area contributed by atoms with Gasteiger partial charge < -0.3 is 10.2 Å². The Morgan fingerprint density at radius 2 is 2.25 bits per heavy atom. The minimum absolute atomic E-state index is 0.344. The van der Waals surface area contributed by atoms with E-state index in [2.05, 4.69) is 25.3 Å². The van der Waals surface area contributed by atoms with Crippen LogP contribution in [-0.4, -0.2) is 38.9 Å². The van der Waals surface area contributed by atoms with Gasteiger partial charge in [-0.15, -0.1) is 0 Å². The molecule has 3 heterocycles. The van der Waals surface area contributed by atoms with E-state index in [1.165, 1.54) is 6.20 Å². The molecule has 7 heteroatoms. The number of rotatable bonds is 3. The first-order chi connectivity index (χ1) is 9.70. The number of anilines is 2. The van der Waals surface area contributed by atoms with E-state index in [1.807, 2.05) is 24.1 Å². The Balaban J connectivity index is 1.66. The molecule has 0 radical (unpaired) electrons. The van der Waals surface area contributed by atoms with E-state index < -0.39 is 0 Å². The van der Waals surface area contributed by atoms with Gasteiger partial charge in [-0.05, 0) is 12.8 Å². The Hall–Kier alpha value is -1.82. The number of aryl methyl sites for hydroxylation is 1. The number of aromatic nitrogens is 4. The lowest BCUT2D eigenvalue weighted by Gasteiger charge is -2.34. The second-order valence-electron chi connectivity index (χ2n) is 5.03. The van der Waals surface area contributed by atoms with Gasteiger partial charge in [0.15, 0.2) is 0 Å². The van der Waals surface area contributed by atoms with Crippen LogP contribution < -0.4 is 10.2 Å². The van der Waals surface area contributed by atoms with Gasteiger partial charge in [-0.3, -0.25) is 9.67 Å². The number of hydrogen-bond donors (Lipinski definition) is 1. The Kier molecular flexibility index (Phi) is 3.73. The van der Waals surface area contributed by atoms with Gasteiger partial charge in [-0.25, -0.2) is 4.98 Å². The van der Waals surface area contributed by atoms with Crippen LogP contribution in [0.5, 0.6) is 0 Å². The van der Waals surface area contributed by atoms with Gasteiger partial charge in [0.25, 0.3) is 0 Å². The molecule has 0 saturated carbocycles. The minimum Gasteiger partial charge on any atom is -0.367 e. The number of nitrogens with zero attached hydrogens (tertiary/aromatic N) is 5. The summed E-state index contributed by atoms with van der Waals surface area (Å²) in [5.74, 6) is 0.732. The molecular weight excluding hydrogens is 276 g/mol. The van der Waals surface area contributed by atoms with Crippen molar-refractivity contribution in [2.75, 3.05) is 23.3 Å². The monoisotopic (exact) mass is 292 g/mol. The first-order valence-corrected chi connectivity index (χ1v) is 7.06. The summed E-state index contributed by atoms with van der Waals surface area (Å²) < 4.78 is 1.83. The third-order valence-electron chi connectivity index (χ3n) is 3.43. The van der Waals surface area contributed by atoms with Crippen molar-refractivity contribution in [1.82, 2.24) is 19.7 Å².